The normalized spacial score (nSPS) is 19.8. The van der Waals surface area contributed by atoms with E-state index in [4.69, 9.17) is 4.74 Å². The summed E-state index contributed by atoms with van der Waals surface area (Å²) in [5.41, 5.74) is 0.499. The summed E-state index contributed by atoms with van der Waals surface area (Å²) in [6.45, 7) is 3.51. The van der Waals surface area contributed by atoms with Gasteiger partial charge in [-0.25, -0.2) is 8.42 Å². The number of rotatable bonds is 9. The van der Waals surface area contributed by atoms with Crippen LogP contribution in [0.25, 0.3) is 0 Å². The standard InChI is InChI=1S/C22H29N3O4S2/c26-22(17-24(15-19-7-4-12-29-19)16-20-8-5-13-30-20)23-18-6-3-9-21(14-18)31(27,28)25-10-1-2-11-25/h3,5-6,8-9,13-14,19H,1-2,4,7,10-12,15-17H2,(H,23,26)/t19-/m0/s1. The first kappa shape index (κ1) is 22.4. The number of carbonyl (C=O) groups is 1. The molecule has 0 radical (unpaired) electrons. The molecule has 0 unspecified atom stereocenters. The minimum atomic E-state index is -3.51. The first-order valence-electron chi connectivity index (χ1n) is 10.8. The van der Waals surface area contributed by atoms with Gasteiger partial charge in [0.25, 0.3) is 0 Å². The Morgan fingerprint density at radius 1 is 1.19 bits per heavy atom. The van der Waals surface area contributed by atoms with E-state index in [2.05, 4.69) is 16.3 Å². The molecule has 1 aromatic carbocycles. The lowest BCUT2D eigenvalue weighted by atomic mass is 10.2. The number of amides is 1. The van der Waals surface area contributed by atoms with Crippen molar-refractivity contribution in [2.75, 3.05) is 38.1 Å². The van der Waals surface area contributed by atoms with Crippen molar-refractivity contribution < 1.29 is 17.9 Å². The Bertz CT molecular complexity index is 966. The SMILES string of the molecule is O=C(CN(Cc1cccs1)C[C@@H]1CCCO1)Nc1cccc(S(=O)(=O)N2CCCC2)c1. The summed E-state index contributed by atoms with van der Waals surface area (Å²) >= 11 is 1.67. The fourth-order valence-corrected chi connectivity index (χ4v) is 6.41. The van der Waals surface area contributed by atoms with Crippen molar-refractivity contribution in [3.63, 3.8) is 0 Å². The lowest BCUT2D eigenvalue weighted by Crippen LogP contribution is -2.37. The van der Waals surface area contributed by atoms with Crippen LogP contribution >= 0.6 is 11.3 Å². The zero-order valence-electron chi connectivity index (χ0n) is 17.5. The summed E-state index contributed by atoms with van der Waals surface area (Å²) in [6, 6.07) is 10.6. The predicted octanol–water partition coefficient (Wildman–Crippen LogP) is 3.15. The molecule has 7 nitrogen and oxygen atoms in total. The van der Waals surface area contributed by atoms with Gasteiger partial charge in [0.1, 0.15) is 0 Å². The summed E-state index contributed by atoms with van der Waals surface area (Å²) in [7, 11) is -3.51. The van der Waals surface area contributed by atoms with Crippen LogP contribution in [0.4, 0.5) is 5.69 Å². The maximum absolute atomic E-state index is 12.8. The zero-order valence-corrected chi connectivity index (χ0v) is 19.2. The number of carbonyl (C=O) groups excluding carboxylic acids is 1. The van der Waals surface area contributed by atoms with E-state index in [-0.39, 0.29) is 23.5 Å². The van der Waals surface area contributed by atoms with Gasteiger partial charge in [-0.3, -0.25) is 9.69 Å². The average Bonchev–Trinajstić information content (AvgIpc) is 3.52. The van der Waals surface area contributed by atoms with Gasteiger partial charge in [-0.2, -0.15) is 4.31 Å². The summed E-state index contributed by atoms with van der Waals surface area (Å²) in [5.74, 6) is -0.162. The van der Waals surface area contributed by atoms with E-state index in [9.17, 15) is 13.2 Å². The van der Waals surface area contributed by atoms with Gasteiger partial charge < -0.3 is 10.1 Å². The van der Waals surface area contributed by atoms with Gasteiger partial charge in [-0.05, 0) is 55.3 Å². The number of thiophene rings is 1. The maximum atomic E-state index is 12.8. The first-order chi connectivity index (χ1) is 15.0. The van der Waals surface area contributed by atoms with E-state index in [1.165, 1.54) is 9.18 Å². The predicted molar refractivity (Wildman–Crippen MR) is 122 cm³/mol. The molecule has 168 valence electrons. The van der Waals surface area contributed by atoms with E-state index in [1.54, 1.807) is 35.6 Å². The average molecular weight is 464 g/mol. The van der Waals surface area contributed by atoms with Crippen molar-refractivity contribution in [1.82, 2.24) is 9.21 Å². The Kier molecular flexibility index (Phi) is 7.39. The molecule has 2 aliphatic rings. The smallest absolute Gasteiger partial charge is 0.243 e. The van der Waals surface area contributed by atoms with Crippen LogP contribution in [-0.4, -0.2) is 62.4 Å². The molecule has 1 amide bonds. The van der Waals surface area contributed by atoms with Gasteiger partial charge in [0.15, 0.2) is 0 Å². The van der Waals surface area contributed by atoms with Crippen molar-refractivity contribution in [3.05, 3.63) is 46.7 Å². The molecule has 1 N–H and O–H groups in total. The lowest BCUT2D eigenvalue weighted by molar-refractivity contribution is -0.117. The van der Waals surface area contributed by atoms with E-state index in [0.717, 1.165) is 32.3 Å². The molecule has 1 atom stereocenters. The molecule has 1 aromatic heterocycles. The fourth-order valence-electron chi connectivity index (χ4n) is 4.10. The first-order valence-corrected chi connectivity index (χ1v) is 13.1. The van der Waals surface area contributed by atoms with Crippen LogP contribution in [-0.2, 0) is 26.1 Å². The number of ether oxygens (including phenoxy) is 1. The summed E-state index contributed by atoms with van der Waals surface area (Å²) in [6.07, 6.45) is 4.00. The van der Waals surface area contributed by atoms with Gasteiger partial charge in [0.05, 0.1) is 17.5 Å². The second-order valence-electron chi connectivity index (χ2n) is 8.07. The van der Waals surface area contributed by atoms with Crippen LogP contribution in [0.15, 0.2) is 46.7 Å². The number of nitrogens with one attached hydrogen (secondary N) is 1. The van der Waals surface area contributed by atoms with Gasteiger partial charge in [0, 0.05) is 43.4 Å². The number of hydrogen-bond donors (Lipinski definition) is 1. The van der Waals surface area contributed by atoms with E-state index in [0.29, 0.717) is 31.9 Å². The van der Waals surface area contributed by atoms with Crippen LogP contribution in [0.3, 0.4) is 0 Å². The number of nitrogens with zero attached hydrogens (tertiary/aromatic N) is 2. The van der Waals surface area contributed by atoms with Gasteiger partial charge in [0.2, 0.25) is 15.9 Å². The molecule has 4 rings (SSSR count). The molecule has 0 spiro atoms. The lowest BCUT2D eigenvalue weighted by Gasteiger charge is -2.24. The topological polar surface area (TPSA) is 79.0 Å². The summed E-state index contributed by atoms with van der Waals surface area (Å²) in [5, 5.41) is 4.91. The highest BCUT2D eigenvalue weighted by atomic mass is 32.2. The van der Waals surface area contributed by atoms with Gasteiger partial charge in [-0.1, -0.05) is 12.1 Å². The van der Waals surface area contributed by atoms with E-state index in [1.807, 2.05) is 11.4 Å². The van der Waals surface area contributed by atoms with Crippen LogP contribution < -0.4 is 5.32 Å². The van der Waals surface area contributed by atoms with E-state index < -0.39 is 10.0 Å². The van der Waals surface area contributed by atoms with Crippen molar-refractivity contribution in [2.24, 2.45) is 0 Å². The number of benzene rings is 1. The molecule has 0 saturated carbocycles. The number of sulfonamides is 1. The molecule has 3 heterocycles. The highest BCUT2D eigenvalue weighted by Crippen LogP contribution is 2.23. The molecule has 0 bridgehead atoms. The molecule has 0 aliphatic carbocycles. The minimum Gasteiger partial charge on any atom is -0.377 e. The Labute approximate surface area is 188 Å². The van der Waals surface area contributed by atoms with Crippen molar-refractivity contribution in [2.45, 2.75) is 43.2 Å². The van der Waals surface area contributed by atoms with Crippen LogP contribution in [0, 0.1) is 0 Å². The Morgan fingerprint density at radius 3 is 2.74 bits per heavy atom. The van der Waals surface area contributed by atoms with Crippen molar-refractivity contribution in [1.29, 1.82) is 0 Å². The zero-order chi connectivity index (χ0) is 21.7. The second-order valence-corrected chi connectivity index (χ2v) is 11.0. The molecular formula is C22H29N3O4S2. The molecule has 2 fully saturated rings. The van der Waals surface area contributed by atoms with Crippen LogP contribution in [0.2, 0.25) is 0 Å². The van der Waals surface area contributed by atoms with E-state index >= 15 is 0 Å². The van der Waals surface area contributed by atoms with Crippen molar-refractivity contribution in [3.8, 4) is 0 Å². The fraction of sp³-hybridized carbons (Fsp3) is 0.500. The van der Waals surface area contributed by atoms with Crippen LogP contribution in [0.5, 0.6) is 0 Å². The molecule has 31 heavy (non-hydrogen) atoms. The van der Waals surface area contributed by atoms with Crippen LogP contribution in [0.1, 0.15) is 30.6 Å². The largest absolute Gasteiger partial charge is 0.377 e. The third-order valence-corrected chi connectivity index (χ3v) is 8.39. The third-order valence-electron chi connectivity index (χ3n) is 5.63. The highest BCUT2D eigenvalue weighted by molar-refractivity contribution is 7.89. The third kappa shape index (κ3) is 5.93. The number of hydrogen-bond acceptors (Lipinski definition) is 6. The van der Waals surface area contributed by atoms with Gasteiger partial charge >= 0.3 is 0 Å². The van der Waals surface area contributed by atoms with Gasteiger partial charge in [-0.15, -0.1) is 11.3 Å². The Hall–Kier alpha value is -1.78. The maximum Gasteiger partial charge on any atom is 0.243 e. The highest BCUT2D eigenvalue weighted by Gasteiger charge is 2.27. The monoisotopic (exact) mass is 463 g/mol. The molecule has 2 aromatic rings. The quantitative estimate of drug-likeness (QED) is 0.618. The molecular weight excluding hydrogens is 434 g/mol. The second kappa shape index (κ2) is 10.2. The summed E-state index contributed by atoms with van der Waals surface area (Å²) < 4.78 is 32.9. The molecule has 2 saturated heterocycles. The number of anilines is 1. The minimum absolute atomic E-state index is 0.154. The van der Waals surface area contributed by atoms with Crippen molar-refractivity contribution >= 4 is 33.0 Å². The molecule has 9 heteroatoms. The summed E-state index contributed by atoms with van der Waals surface area (Å²) in [4.78, 5) is 16.3. The Morgan fingerprint density at radius 2 is 2.03 bits per heavy atom. The Balaban J connectivity index is 1.41. The molecule has 2 aliphatic heterocycles.